The highest BCUT2D eigenvalue weighted by Gasteiger charge is 2.42. The molecular formula is C16H13Cl3F3N. The predicted octanol–water partition coefficient (Wildman–Crippen LogP) is 6.12. The Morgan fingerprint density at radius 2 is 1.83 bits per heavy atom. The van der Waals surface area contributed by atoms with E-state index in [1.807, 2.05) is 6.07 Å². The number of allylic oxidation sites excluding steroid dienone is 2. The Bertz CT molecular complexity index is 682. The van der Waals surface area contributed by atoms with Gasteiger partial charge in [0.15, 0.2) is 0 Å². The van der Waals surface area contributed by atoms with Crippen LogP contribution in [0.25, 0.3) is 0 Å². The molecule has 3 rings (SSSR count). The fourth-order valence-corrected chi connectivity index (χ4v) is 3.84. The number of halogens is 6. The zero-order valence-corrected chi connectivity index (χ0v) is 14.1. The van der Waals surface area contributed by atoms with E-state index in [-0.39, 0.29) is 23.5 Å². The lowest BCUT2D eigenvalue weighted by molar-refractivity contribution is -0.0969. The first-order valence-electron chi connectivity index (χ1n) is 7.12. The quantitative estimate of drug-likeness (QED) is 0.595. The van der Waals surface area contributed by atoms with Crippen molar-refractivity contribution in [3.8, 4) is 0 Å². The first-order chi connectivity index (χ1) is 10.8. The molecule has 1 aromatic rings. The molecule has 0 saturated heterocycles. The van der Waals surface area contributed by atoms with Gasteiger partial charge in [-0.1, -0.05) is 40.9 Å². The standard InChI is InChI=1S/C16H13Cl3F3N/c17-9-1-2-10(14(19)7-9)11-3-4-15(11)23-6-5-13(18)12(8-23)16(20,21)22/h1-2,5-7,11,15H,3-4,8H2/t11-,15-/m0/s1. The summed E-state index contributed by atoms with van der Waals surface area (Å²) in [5.41, 5.74) is 0.226. The lowest BCUT2D eigenvalue weighted by atomic mass is 9.74. The zero-order valence-electron chi connectivity index (χ0n) is 11.9. The largest absolute Gasteiger partial charge is 0.415 e. The molecule has 0 unspecified atom stereocenters. The molecule has 1 fully saturated rings. The van der Waals surface area contributed by atoms with Crippen molar-refractivity contribution in [3.05, 3.63) is 56.7 Å². The fourth-order valence-electron chi connectivity index (χ4n) is 3.07. The normalized spacial score (nSPS) is 24.9. The molecule has 2 atom stereocenters. The maximum Gasteiger partial charge on any atom is 0.415 e. The molecule has 7 heteroatoms. The Hall–Kier alpha value is -0.840. The van der Waals surface area contributed by atoms with Crippen molar-refractivity contribution >= 4 is 34.8 Å². The van der Waals surface area contributed by atoms with Gasteiger partial charge in [-0.25, -0.2) is 0 Å². The smallest absolute Gasteiger partial charge is 0.369 e. The van der Waals surface area contributed by atoms with Crippen LogP contribution < -0.4 is 0 Å². The van der Waals surface area contributed by atoms with Crippen molar-refractivity contribution in [1.29, 1.82) is 0 Å². The second-order valence-electron chi connectivity index (χ2n) is 5.73. The minimum atomic E-state index is -4.42. The Labute approximate surface area is 147 Å². The summed E-state index contributed by atoms with van der Waals surface area (Å²) in [5.74, 6) is 0.0933. The summed E-state index contributed by atoms with van der Waals surface area (Å²) in [6.07, 6.45) is 0.230. The summed E-state index contributed by atoms with van der Waals surface area (Å²) < 4.78 is 39.1. The molecule has 1 nitrogen and oxygen atoms in total. The van der Waals surface area contributed by atoms with Gasteiger partial charge < -0.3 is 4.90 Å². The fraction of sp³-hybridized carbons (Fsp3) is 0.375. The van der Waals surface area contributed by atoms with E-state index in [0.717, 1.165) is 18.4 Å². The van der Waals surface area contributed by atoms with Crippen LogP contribution in [0.4, 0.5) is 13.2 Å². The molecule has 124 valence electrons. The highest BCUT2D eigenvalue weighted by atomic mass is 35.5. The molecular weight excluding hydrogens is 370 g/mol. The Morgan fingerprint density at radius 1 is 1.09 bits per heavy atom. The van der Waals surface area contributed by atoms with E-state index in [4.69, 9.17) is 34.8 Å². The van der Waals surface area contributed by atoms with Crippen LogP contribution in [0.2, 0.25) is 10.0 Å². The van der Waals surface area contributed by atoms with Gasteiger partial charge in [0, 0.05) is 34.7 Å². The van der Waals surface area contributed by atoms with Crippen LogP contribution in [0, 0.1) is 0 Å². The third-order valence-electron chi connectivity index (χ3n) is 4.41. The third kappa shape index (κ3) is 3.35. The predicted molar refractivity (Wildman–Crippen MR) is 87.0 cm³/mol. The van der Waals surface area contributed by atoms with Crippen molar-refractivity contribution in [2.45, 2.75) is 31.0 Å². The second kappa shape index (κ2) is 6.23. The Balaban J connectivity index is 1.80. The summed E-state index contributed by atoms with van der Waals surface area (Å²) in [7, 11) is 0. The molecule has 0 spiro atoms. The minimum Gasteiger partial charge on any atom is -0.369 e. The summed E-state index contributed by atoms with van der Waals surface area (Å²) >= 11 is 17.8. The van der Waals surface area contributed by atoms with Crippen LogP contribution in [0.5, 0.6) is 0 Å². The van der Waals surface area contributed by atoms with Gasteiger partial charge in [-0.15, -0.1) is 0 Å². The average molecular weight is 383 g/mol. The summed E-state index contributed by atoms with van der Waals surface area (Å²) in [5, 5.41) is 0.855. The SMILES string of the molecule is FC(F)(F)C1=C(Cl)C=CN([C@H]2CC[C@H]2c2ccc(Cl)cc2Cl)C1. The van der Waals surface area contributed by atoms with E-state index >= 15 is 0 Å². The van der Waals surface area contributed by atoms with Crippen LogP contribution in [0.1, 0.15) is 24.3 Å². The zero-order chi connectivity index (χ0) is 16.8. The van der Waals surface area contributed by atoms with E-state index in [9.17, 15) is 13.2 Å². The Kier molecular flexibility index (Phi) is 4.60. The van der Waals surface area contributed by atoms with E-state index in [1.54, 1.807) is 23.2 Å². The van der Waals surface area contributed by atoms with Crippen LogP contribution in [-0.4, -0.2) is 23.7 Å². The van der Waals surface area contributed by atoms with Crippen LogP contribution in [0.3, 0.4) is 0 Å². The number of nitrogens with zero attached hydrogens (tertiary/aromatic N) is 1. The molecule has 1 heterocycles. The average Bonchev–Trinajstić information content (AvgIpc) is 2.41. The molecule has 0 bridgehead atoms. The van der Waals surface area contributed by atoms with E-state index in [2.05, 4.69) is 0 Å². The Morgan fingerprint density at radius 3 is 2.39 bits per heavy atom. The van der Waals surface area contributed by atoms with Crippen molar-refractivity contribution in [3.63, 3.8) is 0 Å². The second-order valence-corrected chi connectivity index (χ2v) is 6.98. The number of hydrogen-bond acceptors (Lipinski definition) is 1. The minimum absolute atomic E-state index is 0.0213. The van der Waals surface area contributed by atoms with Crippen LogP contribution >= 0.6 is 34.8 Å². The topological polar surface area (TPSA) is 3.24 Å². The number of alkyl halides is 3. The van der Waals surface area contributed by atoms with Gasteiger partial charge in [0.2, 0.25) is 0 Å². The highest BCUT2D eigenvalue weighted by molar-refractivity contribution is 6.35. The number of rotatable bonds is 2. The molecule has 0 amide bonds. The van der Waals surface area contributed by atoms with E-state index < -0.39 is 11.7 Å². The van der Waals surface area contributed by atoms with Gasteiger partial charge in [0.1, 0.15) is 0 Å². The monoisotopic (exact) mass is 381 g/mol. The maximum atomic E-state index is 13.0. The summed E-state index contributed by atoms with van der Waals surface area (Å²) in [4.78, 5) is 1.70. The van der Waals surface area contributed by atoms with Gasteiger partial charge in [-0.2, -0.15) is 13.2 Å². The van der Waals surface area contributed by atoms with Crippen molar-refractivity contribution < 1.29 is 13.2 Å². The van der Waals surface area contributed by atoms with Gasteiger partial charge in [-0.3, -0.25) is 0 Å². The molecule has 2 aliphatic rings. The molecule has 1 aliphatic heterocycles. The molecule has 0 aromatic heterocycles. The van der Waals surface area contributed by atoms with Gasteiger partial charge in [0.05, 0.1) is 10.6 Å². The van der Waals surface area contributed by atoms with Crippen LogP contribution in [0.15, 0.2) is 41.1 Å². The van der Waals surface area contributed by atoms with Crippen LogP contribution in [-0.2, 0) is 0 Å². The highest BCUT2D eigenvalue weighted by Crippen LogP contribution is 2.45. The molecule has 1 saturated carbocycles. The van der Waals surface area contributed by atoms with Gasteiger partial charge >= 0.3 is 6.18 Å². The van der Waals surface area contributed by atoms with E-state index in [1.165, 1.54) is 6.08 Å². The molecule has 1 aromatic carbocycles. The van der Waals surface area contributed by atoms with E-state index in [0.29, 0.717) is 10.0 Å². The first-order valence-corrected chi connectivity index (χ1v) is 8.25. The number of benzene rings is 1. The molecule has 23 heavy (non-hydrogen) atoms. The first kappa shape index (κ1) is 17.0. The molecule has 0 radical (unpaired) electrons. The summed E-state index contributed by atoms with van der Waals surface area (Å²) in [6, 6.07) is 5.25. The summed E-state index contributed by atoms with van der Waals surface area (Å²) in [6.45, 7) is -0.231. The van der Waals surface area contributed by atoms with Gasteiger partial charge in [-0.05, 0) is 36.6 Å². The van der Waals surface area contributed by atoms with Crippen molar-refractivity contribution in [2.24, 2.45) is 0 Å². The lowest BCUT2D eigenvalue weighted by Crippen LogP contribution is -2.45. The third-order valence-corrected chi connectivity index (χ3v) is 5.33. The van der Waals surface area contributed by atoms with Gasteiger partial charge in [0.25, 0.3) is 0 Å². The number of hydrogen-bond donors (Lipinski definition) is 0. The molecule has 1 aliphatic carbocycles. The lowest BCUT2D eigenvalue weighted by Gasteiger charge is -2.46. The van der Waals surface area contributed by atoms with Crippen molar-refractivity contribution in [2.75, 3.05) is 6.54 Å². The van der Waals surface area contributed by atoms with Crippen molar-refractivity contribution in [1.82, 2.24) is 4.90 Å². The maximum absolute atomic E-state index is 13.0. The molecule has 0 N–H and O–H groups in total.